The Morgan fingerprint density at radius 3 is 3.24 bits per heavy atom. The van der Waals surface area contributed by atoms with Crippen molar-refractivity contribution in [2.75, 3.05) is 6.61 Å². The second-order valence-corrected chi connectivity index (χ2v) is 4.65. The standard InChI is InChI=1S/C12H15N3O2/c16-12(5-8-7-13-2-3-14-8)15-10-6-11-9(10)1-4-17-11/h2-3,7,9-11H,1,4-6H2,(H,15,16)/t9-,10-,11+/m1/s1. The number of rotatable bonds is 3. The molecule has 1 aromatic heterocycles. The van der Waals surface area contributed by atoms with Crippen molar-refractivity contribution >= 4 is 5.91 Å². The molecule has 2 aliphatic rings. The summed E-state index contributed by atoms with van der Waals surface area (Å²) in [5.41, 5.74) is 0.712. The number of nitrogens with zero attached hydrogens (tertiary/aromatic N) is 2. The highest BCUT2D eigenvalue weighted by Crippen LogP contribution is 2.38. The summed E-state index contributed by atoms with van der Waals surface area (Å²) < 4.78 is 5.51. The normalized spacial score (nSPS) is 30.5. The molecule has 1 N–H and O–H groups in total. The van der Waals surface area contributed by atoms with E-state index in [1.165, 1.54) is 0 Å². The van der Waals surface area contributed by atoms with E-state index >= 15 is 0 Å². The van der Waals surface area contributed by atoms with Crippen LogP contribution in [0.15, 0.2) is 18.6 Å². The zero-order chi connectivity index (χ0) is 11.7. The van der Waals surface area contributed by atoms with Crippen molar-refractivity contribution in [2.45, 2.75) is 31.4 Å². The van der Waals surface area contributed by atoms with Gasteiger partial charge >= 0.3 is 0 Å². The van der Waals surface area contributed by atoms with Gasteiger partial charge in [-0.05, 0) is 12.8 Å². The first-order chi connectivity index (χ1) is 8.33. The molecule has 0 spiro atoms. The lowest BCUT2D eigenvalue weighted by Gasteiger charge is -2.39. The zero-order valence-electron chi connectivity index (χ0n) is 9.50. The van der Waals surface area contributed by atoms with Crippen LogP contribution in [0.25, 0.3) is 0 Å². The molecule has 90 valence electrons. The Morgan fingerprint density at radius 1 is 1.53 bits per heavy atom. The van der Waals surface area contributed by atoms with Crippen LogP contribution in [-0.2, 0) is 16.0 Å². The van der Waals surface area contributed by atoms with E-state index in [-0.39, 0.29) is 5.91 Å². The predicted octanol–water partition coefficient (Wildman–Crippen LogP) is 0.313. The topological polar surface area (TPSA) is 64.1 Å². The maximum absolute atomic E-state index is 11.8. The average Bonchev–Trinajstić information content (AvgIpc) is 2.69. The molecule has 1 aliphatic heterocycles. The Kier molecular flexibility index (Phi) is 2.76. The van der Waals surface area contributed by atoms with Crippen molar-refractivity contribution < 1.29 is 9.53 Å². The molecule has 1 aromatic rings. The summed E-state index contributed by atoms with van der Waals surface area (Å²) in [7, 11) is 0. The van der Waals surface area contributed by atoms with E-state index in [1.54, 1.807) is 18.6 Å². The van der Waals surface area contributed by atoms with E-state index in [2.05, 4.69) is 15.3 Å². The van der Waals surface area contributed by atoms with E-state index in [0.29, 0.717) is 30.2 Å². The summed E-state index contributed by atoms with van der Waals surface area (Å²) in [6.07, 6.45) is 7.56. The van der Waals surface area contributed by atoms with Crippen LogP contribution >= 0.6 is 0 Å². The summed E-state index contributed by atoms with van der Waals surface area (Å²) in [4.78, 5) is 19.8. The number of carbonyl (C=O) groups excluding carboxylic acids is 1. The van der Waals surface area contributed by atoms with Gasteiger partial charge in [-0.1, -0.05) is 0 Å². The molecule has 5 nitrogen and oxygen atoms in total. The molecular formula is C12H15N3O2. The number of aromatic nitrogens is 2. The third-order valence-corrected chi connectivity index (χ3v) is 3.57. The molecule has 1 aliphatic carbocycles. The molecule has 2 heterocycles. The van der Waals surface area contributed by atoms with Gasteiger partial charge in [-0.15, -0.1) is 0 Å². The highest BCUT2D eigenvalue weighted by atomic mass is 16.5. The van der Waals surface area contributed by atoms with E-state index in [1.807, 2.05) is 0 Å². The smallest absolute Gasteiger partial charge is 0.226 e. The largest absolute Gasteiger partial charge is 0.378 e. The molecular weight excluding hydrogens is 218 g/mol. The van der Waals surface area contributed by atoms with Crippen LogP contribution in [-0.4, -0.2) is 34.6 Å². The van der Waals surface area contributed by atoms with Crippen molar-refractivity contribution in [3.05, 3.63) is 24.3 Å². The van der Waals surface area contributed by atoms with Gasteiger partial charge < -0.3 is 10.1 Å². The lowest BCUT2D eigenvalue weighted by Crippen LogP contribution is -2.53. The molecule has 5 heteroatoms. The first-order valence-electron chi connectivity index (χ1n) is 5.99. The van der Waals surface area contributed by atoms with E-state index in [0.717, 1.165) is 19.4 Å². The average molecular weight is 233 g/mol. The third kappa shape index (κ3) is 2.15. The molecule has 0 bridgehead atoms. The maximum atomic E-state index is 11.8. The van der Waals surface area contributed by atoms with Gasteiger partial charge in [0.15, 0.2) is 0 Å². The van der Waals surface area contributed by atoms with Gasteiger partial charge in [0, 0.05) is 37.2 Å². The van der Waals surface area contributed by atoms with Crippen molar-refractivity contribution in [1.82, 2.24) is 15.3 Å². The second kappa shape index (κ2) is 4.41. The van der Waals surface area contributed by atoms with Gasteiger partial charge in [0.1, 0.15) is 0 Å². The number of nitrogens with one attached hydrogen (secondary N) is 1. The Balaban J connectivity index is 1.51. The summed E-state index contributed by atoms with van der Waals surface area (Å²) >= 11 is 0. The monoisotopic (exact) mass is 233 g/mol. The lowest BCUT2D eigenvalue weighted by molar-refractivity contribution is -0.123. The van der Waals surface area contributed by atoms with Crippen LogP contribution in [0.1, 0.15) is 18.5 Å². The van der Waals surface area contributed by atoms with Crippen molar-refractivity contribution in [3.63, 3.8) is 0 Å². The molecule has 2 fully saturated rings. The molecule has 1 amide bonds. The minimum Gasteiger partial charge on any atom is -0.378 e. The van der Waals surface area contributed by atoms with Crippen molar-refractivity contribution in [3.8, 4) is 0 Å². The van der Waals surface area contributed by atoms with Crippen LogP contribution in [0.3, 0.4) is 0 Å². The summed E-state index contributed by atoms with van der Waals surface area (Å²) in [5.74, 6) is 0.557. The Hall–Kier alpha value is -1.49. The number of ether oxygens (including phenoxy) is 1. The van der Waals surface area contributed by atoms with Crippen LogP contribution in [0.4, 0.5) is 0 Å². The SMILES string of the molecule is O=C(Cc1cnccn1)N[C@@H]1C[C@@H]2OCC[C@@H]21. The highest BCUT2D eigenvalue weighted by molar-refractivity contribution is 5.78. The lowest BCUT2D eigenvalue weighted by atomic mass is 9.76. The Bertz CT molecular complexity index is 409. The number of hydrogen-bond acceptors (Lipinski definition) is 4. The first kappa shape index (κ1) is 10.7. The van der Waals surface area contributed by atoms with Gasteiger partial charge in [-0.3, -0.25) is 14.8 Å². The number of carbonyl (C=O) groups is 1. The number of hydrogen-bond donors (Lipinski definition) is 1. The fourth-order valence-corrected chi connectivity index (χ4v) is 2.61. The number of amides is 1. The summed E-state index contributed by atoms with van der Waals surface area (Å²) in [5, 5.41) is 3.05. The number of fused-ring (bicyclic) bond motifs is 1. The summed E-state index contributed by atoms with van der Waals surface area (Å²) in [6, 6.07) is 0.298. The molecule has 0 aromatic carbocycles. The quantitative estimate of drug-likeness (QED) is 0.816. The zero-order valence-corrected chi connectivity index (χ0v) is 9.50. The molecule has 3 atom stereocenters. The Morgan fingerprint density at radius 2 is 2.47 bits per heavy atom. The molecule has 0 radical (unpaired) electrons. The van der Waals surface area contributed by atoms with E-state index in [4.69, 9.17) is 4.74 Å². The van der Waals surface area contributed by atoms with Gasteiger partial charge in [-0.25, -0.2) is 0 Å². The molecule has 1 saturated carbocycles. The van der Waals surface area contributed by atoms with Gasteiger partial charge in [0.25, 0.3) is 0 Å². The summed E-state index contributed by atoms with van der Waals surface area (Å²) in [6.45, 7) is 0.839. The van der Waals surface area contributed by atoms with Crippen molar-refractivity contribution in [2.24, 2.45) is 5.92 Å². The molecule has 1 saturated heterocycles. The van der Waals surface area contributed by atoms with Crippen LogP contribution in [0.2, 0.25) is 0 Å². The second-order valence-electron chi connectivity index (χ2n) is 4.65. The van der Waals surface area contributed by atoms with E-state index < -0.39 is 0 Å². The third-order valence-electron chi connectivity index (χ3n) is 3.57. The van der Waals surface area contributed by atoms with Crippen LogP contribution in [0, 0.1) is 5.92 Å². The Labute approximate surface area is 99.6 Å². The highest BCUT2D eigenvalue weighted by Gasteiger charge is 2.45. The van der Waals surface area contributed by atoms with E-state index in [9.17, 15) is 4.79 Å². The van der Waals surface area contributed by atoms with Crippen LogP contribution in [0.5, 0.6) is 0 Å². The molecule has 3 rings (SSSR count). The minimum absolute atomic E-state index is 0.0286. The predicted molar refractivity (Wildman–Crippen MR) is 60.1 cm³/mol. The molecule has 0 unspecified atom stereocenters. The fraction of sp³-hybridized carbons (Fsp3) is 0.583. The fourth-order valence-electron chi connectivity index (χ4n) is 2.61. The first-order valence-corrected chi connectivity index (χ1v) is 5.99. The minimum atomic E-state index is 0.0286. The maximum Gasteiger partial charge on any atom is 0.226 e. The molecule has 17 heavy (non-hydrogen) atoms. The van der Waals surface area contributed by atoms with Gasteiger partial charge in [-0.2, -0.15) is 0 Å². The van der Waals surface area contributed by atoms with Crippen LogP contribution < -0.4 is 5.32 Å². The van der Waals surface area contributed by atoms with Gasteiger partial charge in [0.05, 0.1) is 18.2 Å². The van der Waals surface area contributed by atoms with Gasteiger partial charge in [0.2, 0.25) is 5.91 Å². The van der Waals surface area contributed by atoms with Crippen molar-refractivity contribution in [1.29, 1.82) is 0 Å².